The van der Waals surface area contributed by atoms with Crippen molar-refractivity contribution in [3.8, 4) is 5.75 Å². The van der Waals surface area contributed by atoms with Gasteiger partial charge in [0.05, 0.1) is 13.2 Å². The number of methoxy groups -OCH3 is 1. The van der Waals surface area contributed by atoms with Crippen molar-refractivity contribution < 1.29 is 14.3 Å². The topological polar surface area (TPSA) is 59.6 Å². The average molecular weight is 493 g/mol. The summed E-state index contributed by atoms with van der Waals surface area (Å²) in [6, 6.07) is 24.0. The fourth-order valence-electron chi connectivity index (χ4n) is 3.88. The van der Waals surface area contributed by atoms with Gasteiger partial charge in [0.25, 0.3) is 0 Å². The summed E-state index contributed by atoms with van der Waals surface area (Å²) in [5.41, 5.74) is 4.33. The van der Waals surface area contributed by atoms with E-state index >= 15 is 0 Å². The van der Waals surface area contributed by atoms with E-state index in [9.17, 15) is 4.79 Å². The summed E-state index contributed by atoms with van der Waals surface area (Å²) in [5, 5.41) is 6.36. The Balaban J connectivity index is 1.48. The first-order valence-electron chi connectivity index (χ1n) is 10.5. The average Bonchev–Trinajstić information content (AvgIpc) is 2.83. The van der Waals surface area contributed by atoms with Crippen LogP contribution in [0, 0.1) is 0 Å². The Labute approximate surface area is 196 Å². The van der Waals surface area contributed by atoms with Crippen LogP contribution >= 0.6 is 15.9 Å². The van der Waals surface area contributed by atoms with Crippen LogP contribution in [-0.2, 0) is 11.3 Å². The minimum absolute atomic E-state index is 0.0906. The van der Waals surface area contributed by atoms with Crippen molar-refractivity contribution in [3.05, 3.63) is 106 Å². The molecule has 1 amide bonds. The zero-order valence-corrected chi connectivity index (χ0v) is 19.3. The number of anilines is 1. The Kier molecular flexibility index (Phi) is 7.12. The lowest BCUT2D eigenvalue weighted by atomic mass is 9.84. The van der Waals surface area contributed by atoms with Crippen LogP contribution < -0.4 is 15.4 Å². The van der Waals surface area contributed by atoms with Gasteiger partial charge in [-0.1, -0.05) is 70.5 Å². The van der Waals surface area contributed by atoms with Gasteiger partial charge in [-0.15, -0.1) is 0 Å². The van der Waals surface area contributed by atoms with Crippen molar-refractivity contribution in [2.24, 2.45) is 0 Å². The highest BCUT2D eigenvalue weighted by atomic mass is 79.9. The van der Waals surface area contributed by atoms with Crippen LogP contribution in [0.2, 0.25) is 0 Å². The molecule has 2 atom stereocenters. The lowest BCUT2D eigenvalue weighted by molar-refractivity contribution is 0.143. The predicted octanol–water partition coefficient (Wildman–Crippen LogP) is 6.54. The number of hydrogen-bond donors (Lipinski definition) is 2. The number of fused-ring (bicyclic) bond motifs is 1. The van der Waals surface area contributed by atoms with Crippen LogP contribution in [-0.4, -0.2) is 13.2 Å². The molecule has 1 heterocycles. The molecule has 5 nitrogen and oxygen atoms in total. The van der Waals surface area contributed by atoms with E-state index < -0.39 is 6.09 Å². The van der Waals surface area contributed by atoms with Crippen molar-refractivity contribution in [3.63, 3.8) is 0 Å². The first kappa shape index (κ1) is 22.0. The quantitative estimate of drug-likeness (QED) is 0.410. The molecule has 6 heteroatoms. The molecule has 0 aromatic heterocycles. The maximum absolute atomic E-state index is 12.1. The van der Waals surface area contributed by atoms with Crippen LogP contribution in [0.25, 0.3) is 0 Å². The fraction of sp³-hybridized carbons (Fsp3) is 0.192. The van der Waals surface area contributed by atoms with Crippen LogP contribution in [0.5, 0.6) is 5.75 Å². The van der Waals surface area contributed by atoms with Gasteiger partial charge in [-0.25, -0.2) is 4.79 Å². The second-order valence-electron chi connectivity index (χ2n) is 7.58. The van der Waals surface area contributed by atoms with E-state index in [1.807, 2.05) is 66.7 Å². The number of amides is 1. The van der Waals surface area contributed by atoms with Gasteiger partial charge in [-0.2, -0.15) is 0 Å². The monoisotopic (exact) mass is 492 g/mol. The summed E-state index contributed by atoms with van der Waals surface area (Å²) in [5.74, 6) is 0.895. The minimum Gasteiger partial charge on any atom is -0.497 e. The molecular weight excluding hydrogens is 468 g/mol. The standard InChI is InChI=1S/C26H25BrN2O3/c1-31-20-11-12-24-22(16-20)19(15-25(29-24)21-9-5-6-10-23(21)27)13-14-28-26(30)32-17-18-7-3-2-4-8-18/h2-14,16,19,25,29H,15,17H2,1H3,(H,28,30)/b14-13+/t19-,25-/m0/s1. The number of halogens is 1. The van der Waals surface area contributed by atoms with Gasteiger partial charge in [-0.3, -0.25) is 5.32 Å². The van der Waals surface area contributed by atoms with Gasteiger partial charge in [-0.05, 0) is 47.4 Å². The maximum Gasteiger partial charge on any atom is 0.411 e. The third-order valence-electron chi connectivity index (χ3n) is 5.50. The van der Waals surface area contributed by atoms with Crippen LogP contribution in [0.1, 0.15) is 35.1 Å². The number of hydrogen-bond acceptors (Lipinski definition) is 4. The molecule has 1 aliphatic rings. The zero-order valence-electron chi connectivity index (χ0n) is 17.8. The lowest BCUT2D eigenvalue weighted by Crippen LogP contribution is -2.22. The number of benzene rings is 3. The Morgan fingerprint density at radius 1 is 1.09 bits per heavy atom. The second-order valence-corrected chi connectivity index (χ2v) is 8.43. The van der Waals surface area contributed by atoms with Crippen LogP contribution in [0.3, 0.4) is 0 Å². The predicted molar refractivity (Wildman–Crippen MR) is 130 cm³/mol. The third-order valence-corrected chi connectivity index (χ3v) is 6.22. The molecule has 4 rings (SSSR count). The first-order valence-corrected chi connectivity index (χ1v) is 11.3. The van der Waals surface area contributed by atoms with E-state index in [0.29, 0.717) is 0 Å². The highest BCUT2D eigenvalue weighted by molar-refractivity contribution is 9.10. The summed E-state index contributed by atoms with van der Waals surface area (Å²) >= 11 is 3.67. The van der Waals surface area contributed by atoms with E-state index in [1.165, 1.54) is 5.56 Å². The first-order chi connectivity index (χ1) is 15.6. The van der Waals surface area contributed by atoms with Crippen molar-refractivity contribution in [2.75, 3.05) is 12.4 Å². The normalized spacial score (nSPS) is 17.3. The molecule has 3 aromatic carbocycles. The molecule has 0 saturated carbocycles. The molecule has 0 spiro atoms. The largest absolute Gasteiger partial charge is 0.497 e. The number of rotatable bonds is 6. The summed E-state index contributed by atoms with van der Waals surface area (Å²) in [4.78, 5) is 12.1. The van der Waals surface area contributed by atoms with Crippen LogP contribution in [0.4, 0.5) is 10.5 Å². The highest BCUT2D eigenvalue weighted by Gasteiger charge is 2.27. The maximum atomic E-state index is 12.1. The van der Waals surface area contributed by atoms with Crippen molar-refractivity contribution in [2.45, 2.75) is 25.0 Å². The van der Waals surface area contributed by atoms with Gasteiger partial charge >= 0.3 is 6.09 Å². The molecular formula is C26H25BrN2O3. The highest BCUT2D eigenvalue weighted by Crippen LogP contribution is 2.43. The van der Waals surface area contributed by atoms with E-state index in [-0.39, 0.29) is 18.6 Å². The number of carbonyl (C=O) groups is 1. The van der Waals surface area contributed by atoms with Gasteiger partial charge in [0.2, 0.25) is 0 Å². The molecule has 0 fully saturated rings. The number of carbonyl (C=O) groups excluding carboxylic acids is 1. The van der Waals surface area contributed by atoms with Gasteiger partial charge in [0, 0.05) is 22.3 Å². The number of nitrogens with one attached hydrogen (secondary N) is 2. The summed E-state index contributed by atoms with van der Waals surface area (Å²) in [6.45, 7) is 0.234. The Bertz CT molecular complexity index is 1100. The molecule has 2 N–H and O–H groups in total. The molecule has 0 saturated heterocycles. The molecule has 32 heavy (non-hydrogen) atoms. The Hall–Kier alpha value is -3.25. The molecule has 0 aliphatic carbocycles. The second kappa shape index (κ2) is 10.4. The fourth-order valence-corrected chi connectivity index (χ4v) is 4.44. The van der Waals surface area contributed by atoms with Gasteiger partial charge in [0.15, 0.2) is 0 Å². The lowest BCUT2D eigenvalue weighted by Gasteiger charge is -2.33. The molecule has 1 aliphatic heterocycles. The summed E-state index contributed by atoms with van der Waals surface area (Å²) < 4.78 is 11.8. The van der Waals surface area contributed by atoms with E-state index in [0.717, 1.165) is 33.5 Å². The zero-order chi connectivity index (χ0) is 22.3. The Morgan fingerprint density at radius 2 is 1.88 bits per heavy atom. The molecule has 0 unspecified atom stereocenters. The van der Waals surface area contributed by atoms with Gasteiger partial charge in [0.1, 0.15) is 12.4 Å². The number of allylic oxidation sites excluding steroid dienone is 1. The smallest absolute Gasteiger partial charge is 0.411 e. The molecule has 0 bridgehead atoms. The number of ether oxygens (including phenoxy) is 2. The third kappa shape index (κ3) is 5.32. The molecule has 3 aromatic rings. The molecule has 164 valence electrons. The van der Waals surface area contributed by atoms with E-state index in [2.05, 4.69) is 38.7 Å². The van der Waals surface area contributed by atoms with Crippen molar-refractivity contribution in [1.82, 2.24) is 5.32 Å². The van der Waals surface area contributed by atoms with E-state index in [4.69, 9.17) is 9.47 Å². The minimum atomic E-state index is -0.479. The van der Waals surface area contributed by atoms with Crippen molar-refractivity contribution >= 4 is 27.7 Å². The van der Waals surface area contributed by atoms with Gasteiger partial charge < -0.3 is 14.8 Å². The van der Waals surface area contributed by atoms with Crippen LogP contribution in [0.15, 0.2) is 89.5 Å². The Morgan fingerprint density at radius 3 is 2.66 bits per heavy atom. The summed E-state index contributed by atoms with van der Waals surface area (Å²) in [6.07, 6.45) is 4.03. The van der Waals surface area contributed by atoms with E-state index in [1.54, 1.807) is 13.3 Å². The SMILES string of the molecule is COc1ccc2c(c1)[C@@H](/C=C/NC(=O)OCc1ccccc1)C[C@@H](c1ccccc1Br)N2. The summed E-state index contributed by atoms with van der Waals surface area (Å²) in [7, 11) is 1.66. The number of alkyl carbamates (subject to hydrolysis) is 1. The molecule has 0 radical (unpaired) electrons. The van der Waals surface area contributed by atoms with Crippen molar-refractivity contribution in [1.29, 1.82) is 0 Å².